The van der Waals surface area contributed by atoms with Gasteiger partial charge in [0.2, 0.25) is 0 Å². The van der Waals surface area contributed by atoms with Gasteiger partial charge >= 0.3 is 5.97 Å². The molecule has 19 heavy (non-hydrogen) atoms. The number of nitrogens with two attached hydrogens (primary N) is 1. The fraction of sp³-hybridized carbons (Fsp3) is 0.0714. The summed E-state index contributed by atoms with van der Waals surface area (Å²) in [5.41, 5.74) is 7.28. The van der Waals surface area contributed by atoms with Crippen LogP contribution in [0.25, 0.3) is 0 Å². The lowest BCUT2D eigenvalue weighted by atomic mass is 10.2. The van der Waals surface area contributed by atoms with E-state index in [-0.39, 0.29) is 5.69 Å². The third kappa shape index (κ3) is 2.82. The molecule has 0 heterocycles. The number of anilines is 3. The molecule has 2 aromatic carbocycles. The Morgan fingerprint density at radius 2 is 1.89 bits per heavy atom. The third-order valence-corrected chi connectivity index (χ3v) is 2.62. The predicted octanol–water partition coefficient (Wildman–Crippen LogP) is 2.94. The molecule has 0 fully saturated rings. The lowest BCUT2D eigenvalue weighted by Gasteiger charge is -2.10. The summed E-state index contributed by atoms with van der Waals surface area (Å²) in [6.45, 7) is 0. The first-order chi connectivity index (χ1) is 9.11. The summed E-state index contributed by atoms with van der Waals surface area (Å²) < 4.78 is 18.2. The molecule has 0 amide bonds. The van der Waals surface area contributed by atoms with Gasteiger partial charge < -0.3 is 15.8 Å². The second kappa shape index (κ2) is 5.39. The normalized spacial score (nSPS) is 10.0. The minimum atomic E-state index is -0.433. The topological polar surface area (TPSA) is 64.3 Å². The summed E-state index contributed by atoms with van der Waals surface area (Å²) >= 11 is 0. The quantitative estimate of drug-likeness (QED) is 0.658. The van der Waals surface area contributed by atoms with Crippen molar-refractivity contribution in [3.05, 3.63) is 53.8 Å². The standard InChI is InChI=1S/C14H13FN2O2/c1-19-14(18)9-5-7-10(8-6-9)17-13-11(15)3-2-4-12(13)16/h2-8,17H,16H2,1H3. The maximum Gasteiger partial charge on any atom is 0.337 e. The van der Waals surface area contributed by atoms with Crippen molar-refractivity contribution in [3.8, 4) is 0 Å². The Morgan fingerprint density at radius 3 is 2.47 bits per heavy atom. The summed E-state index contributed by atoms with van der Waals surface area (Å²) in [6.07, 6.45) is 0. The first-order valence-electron chi connectivity index (χ1n) is 5.61. The molecule has 0 unspecified atom stereocenters. The Morgan fingerprint density at radius 1 is 1.21 bits per heavy atom. The summed E-state index contributed by atoms with van der Waals surface area (Å²) in [7, 11) is 1.31. The fourth-order valence-corrected chi connectivity index (χ4v) is 1.62. The minimum Gasteiger partial charge on any atom is -0.465 e. The maximum atomic E-state index is 13.6. The van der Waals surface area contributed by atoms with Gasteiger partial charge in [-0.15, -0.1) is 0 Å². The third-order valence-electron chi connectivity index (χ3n) is 2.62. The Bertz CT molecular complexity index is 577. The van der Waals surface area contributed by atoms with Crippen molar-refractivity contribution < 1.29 is 13.9 Å². The van der Waals surface area contributed by atoms with Gasteiger partial charge in [0.25, 0.3) is 0 Å². The van der Waals surface area contributed by atoms with Crippen molar-refractivity contribution in [2.75, 3.05) is 18.2 Å². The number of esters is 1. The monoisotopic (exact) mass is 260 g/mol. The lowest BCUT2D eigenvalue weighted by Crippen LogP contribution is -2.02. The number of carbonyl (C=O) groups excluding carboxylic acids is 1. The Hall–Kier alpha value is -2.56. The Labute approximate surface area is 110 Å². The average molecular weight is 260 g/mol. The number of hydrogen-bond acceptors (Lipinski definition) is 4. The highest BCUT2D eigenvalue weighted by atomic mass is 19.1. The molecular formula is C14H13FN2O2. The summed E-state index contributed by atoms with van der Waals surface area (Å²) in [6, 6.07) is 10.9. The number of carbonyl (C=O) groups is 1. The molecule has 4 nitrogen and oxygen atoms in total. The summed E-state index contributed by atoms with van der Waals surface area (Å²) in [5.74, 6) is -0.853. The highest BCUT2D eigenvalue weighted by Gasteiger charge is 2.08. The van der Waals surface area contributed by atoms with Gasteiger partial charge in [-0.05, 0) is 36.4 Å². The van der Waals surface area contributed by atoms with Gasteiger partial charge in [0.15, 0.2) is 0 Å². The van der Waals surface area contributed by atoms with Crippen LogP contribution in [0.2, 0.25) is 0 Å². The van der Waals surface area contributed by atoms with E-state index in [0.29, 0.717) is 16.9 Å². The minimum absolute atomic E-state index is 0.216. The van der Waals surface area contributed by atoms with Crippen LogP contribution in [0.5, 0.6) is 0 Å². The predicted molar refractivity (Wildman–Crippen MR) is 71.9 cm³/mol. The molecule has 0 aliphatic heterocycles. The SMILES string of the molecule is COC(=O)c1ccc(Nc2c(N)cccc2F)cc1. The van der Waals surface area contributed by atoms with Crippen molar-refractivity contribution in [2.24, 2.45) is 0 Å². The van der Waals surface area contributed by atoms with Crippen LogP contribution >= 0.6 is 0 Å². The first kappa shape index (κ1) is 12.9. The summed E-state index contributed by atoms with van der Waals surface area (Å²) in [4.78, 5) is 11.3. The smallest absolute Gasteiger partial charge is 0.337 e. The number of para-hydroxylation sites is 1. The largest absolute Gasteiger partial charge is 0.465 e. The van der Waals surface area contributed by atoms with E-state index in [1.165, 1.54) is 19.2 Å². The molecule has 98 valence electrons. The molecule has 2 rings (SSSR count). The van der Waals surface area contributed by atoms with Gasteiger partial charge in [-0.1, -0.05) is 6.07 Å². The van der Waals surface area contributed by atoms with E-state index in [0.717, 1.165) is 0 Å². The molecule has 2 aromatic rings. The number of hydrogen-bond donors (Lipinski definition) is 2. The molecule has 0 atom stereocenters. The van der Waals surface area contributed by atoms with Crippen LogP contribution < -0.4 is 11.1 Å². The van der Waals surface area contributed by atoms with Gasteiger partial charge in [-0.2, -0.15) is 0 Å². The Balaban J connectivity index is 2.22. The van der Waals surface area contributed by atoms with Crippen molar-refractivity contribution >= 4 is 23.0 Å². The van der Waals surface area contributed by atoms with E-state index in [2.05, 4.69) is 10.1 Å². The zero-order valence-electron chi connectivity index (χ0n) is 10.3. The van der Waals surface area contributed by atoms with Crippen LogP contribution in [0.15, 0.2) is 42.5 Å². The molecule has 0 aliphatic carbocycles. The van der Waals surface area contributed by atoms with Crippen molar-refractivity contribution in [3.63, 3.8) is 0 Å². The summed E-state index contributed by atoms with van der Waals surface area (Å²) in [5, 5.41) is 2.87. The lowest BCUT2D eigenvalue weighted by molar-refractivity contribution is 0.0601. The van der Waals surface area contributed by atoms with Gasteiger partial charge in [0.1, 0.15) is 5.82 Å². The maximum absolute atomic E-state index is 13.6. The highest BCUT2D eigenvalue weighted by Crippen LogP contribution is 2.26. The zero-order chi connectivity index (χ0) is 13.8. The molecule has 0 bridgehead atoms. The molecule has 0 aromatic heterocycles. The van der Waals surface area contributed by atoms with Crippen LogP contribution in [0.3, 0.4) is 0 Å². The van der Waals surface area contributed by atoms with Crippen LogP contribution in [0.1, 0.15) is 10.4 Å². The second-order valence-electron chi connectivity index (χ2n) is 3.90. The molecule has 0 saturated carbocycles. The van der Waals surface area contributed by atoms with Crippen molar-refractivity contribution in [2.45, 2.75) is 0 Å². The number of nitrogen functional groups attached to an aromatic ring is 1. The molecular weight excluding hydrogens is 247 g/mol. The molecule has 0 saturated heterocycles. The van der Waals surface area contributed by atoms with E-state index < -0.39 is 11.8 Å². The molecule has 0 aliphatic rings. The number of methoxy groups -OCH3 is 1. The second-order valence-corrected chi connectivity index (χ2v) is 3.90. The zero-order valence-corrected chi connectivity index (χ0v) is 10.3. The van der Waals surface area contributed by atoms with Crippen molar-refractivity contribution in [1.29, 1.82) is 0 Å². The van der Waals surface area contributed by atoms with Crippen molar-refractivity contribution in [1.82, 2.24) is 0 Å². The Kier molecular flexibility index (Phi) is 3.66. The molecule has 3 N–H and O–H groups in total. The number of ether oxygens (including phenoxy) is 1. The van der Waals surface area contributed by atoms with E-state index in [9.17, 15) is 9.18 Å². The van der Waals surface area contributed by atoms with E-state index >= 15 is 0 Å². The van der Waals surface area contributed by atoms with Gasteiger partial charge in [0.05, 0.1) is 24.0 Å². The van der Waals surface area contributed by atoms with Crippen LogP contribution in [0.4, 0.5) is 21.5 Å². The number of rotatable bonds is 3. The molecule has 0 radical (unpaired) electrons. The fourth-order valence-electron chi connectivity index (χ4n) is 1.62. The number of halogens is 1. The van der Waals surface area contributed by atoms with Crippen LogP contribution in [-0.4, -0.2) is 13.1 Å². The van der Waals surface area contributed by atoms with E-state index in [4.69, 9.17) is 5.73 Å². The molecule has 5 heteroatoms. The van der Waals surface area contributed by atoms with E-state index in [1.807, 2.05) is 0 Å². The van der Waals surface area contributed by atoms with Gasteiger partial charge in [-0.25, -0.2) is 9.18 Å². The van der Waals surface area contributed by atoms with Crippen LogP contribution in [-0.2, 0) is 4.74 Å². The molecule has 0 spiro atoms. The highest BCUT2D eigenvalue weighted by molar-refractivity contribution is 5.89. The first-order valence-corrected chi connectivity index (χ1v) is 5.61. The van der Waals surface area contributed by atoms with Gasteiger partial charge in [-0.3, -0.25) is 0 Å². The van der Waals surface area contributed by atoms with Gasteiger partial charge in [0, 0.05) is 5.69 Å². The number of benzene rings is 2. The van der Waals surface area contributed by atoms with Crippen LogP contribution in [0, 0.1) is 5.82 Å². The number of nitrogens with one attached hydrogen (secondary N) is 1. The van der Waals surface area contributed by atoms with E-state index in [1.54, 1.807) is 30.3 Å². The average Bonchev–Trinajstić information content (AvgIpc) is 2.43.